The summed E-state index contributed by atoms with van der Waals surface area (Å²) >= 11 is 0. The lowest BCUT2D eigenvalue weighted by molar-refractivity contribution is 0.320. The van der Waals surface area contributed by atoms with Crippen LogP contribution in [0.15, 0.2) is 23.4 Å². The first-order valence-electron chi connectivity index (χ1n) is 3.85. The third kappa shape index (κ3) is 1.87. The average Bonchev–Trinajstić information content (AvgIpc) is 2.15. The smallest absolute Gasteiger partial charge is 0.266 e. The van der Waals surface area contributed by atoms with Gasteiger partial charge in [-0.05, 0) is 19.1 Å². The molecule has 1 aromatic rings. The molecule has 0 heterocycles. The van der Waals surface area contributed by atoms with Crippen LogP contribution < -0.4 is 0 Å². The highest BCUT2D eigenvalue weighted by atomic mass is 19.1. The fourth-order valence-corrected chi connectivity index (χ4v) is 0.979. The number of nitrogens with one attached hydrogen (secondary N) is 1. The number of oxime groups is 1. The molecule has 0 unspecified atom stereocenters. The lowest BCUT2D eigenvalue weighted by Crippen LogP contribution is -2.10. The molecule has 0 aromatic heterocycles. The first kappa shape index (κ1) is 10.2. The molecular weight excluding hydrogens is 187 g/mol. The molecule has 0 aliphatic carbocycles. The van der Waals surface area contributed by atoms with E-state index in [0.717, 1.165) is 12.1 Å². The van der Waals surface area contributed by atoms with E-state index < -0.39 is 5.82 Å². The van der Waals surface area contributed by atoms with E-state index in [9.17, 15) is 4.39 Å². The number of hydrogen-bond acceptors (Lipinski definition) is 3. The van der Waals surface area contributed by atoms with E-state index in [1.54, 1.807) is 0 Å². The summed E-state index contributed by atoms with van der Waals surface area (Å²) < 4.78 is 12.6. The molecule has 0 aliphatic heterocycles. The van der Waals surface area contributed by atoms with Crippen LogP contribution in [0.2, 0.25) is 0 Å². The third-order valence-corrected chi connectivity index (χ3v) is 1.76. The number of benzene rings is 1. The van der Waals surface area contributed by atoms with Gasteiger partial charge in [-0.1, -0.05) is 5.16 Å². The minimum absolute atomic E-state index is 0.0856. The summed E-state index contributed by atoms with van der Waals surface area (Å²) in [5.74, 6) is -0.622. The van der Waals surface area contributed by atoms with Crippen molar-refractivity contribution in [1.82, 2.24) is 0 Å². The number of hydrogen-bond donors (Lipinski definition) is 2. The quantitative estimate of drug-likeness (QED) is 0.320. The van der Waals surface area contributed by atoms with E-state index in [1.165, 1.54) is 13.0 Å². The second-order valence-electron chi connectivity index (χ2n) is 2.75. The number of rotatable bonds is 2. The highest BCUT2D eigenvalue weighted by molar-refractivity contribution is 6.46. The van der Waals surface area contributed by atoms with Gasteiger partial charge >= 0.3 is 0 Å². The maximum Gasteiger partial charge on any atom is 0.266 e. The fraction of sp³-hybridized carbons (Fsp3) is 0.111. The van der Waals surface area contributed by atoms with Gasteiger partial charge in [-0.2, -0.15) is 0 Å². The predicted molar refractivity (Wildman–Crippen MR) is 51.2 cm³/mol. The van der Waals surface area contributed by atoms with E-state index in [0.29, 0.717) is 0 Å². The molecule has 74 valence electrons. The van der Waals surface area contributed by atoms with Crippen LogP contribution in [0.3, 0.4) is 0 Å². The Hall–Kier alpha value is -1.91. The zero-order chi connectivity index (χ0) is 10.7. The molecule has 1 rings (SSSR count). The second kappa shape index (κ2) is 3.87. The first-order chi connectivity index (χ1) is 6.56. The molecule has 0 saturated heterocycles. The van der Waals surface area contributed by atoms with Crippen LogP contribution in [-0.2, 0) is 0 Å². The number of halogens is 1. The van der Waals surface area contributed by atoms with Gasteiger partial charge in [-0.25, -0.2) is 4.39 Å². The lowest BCUT2D eigenvalue weighted by Gasteiger charge is -2.01. The Kier molecular flexibility index (Phi) is 2.81. The first-order valence-corrected chi connectivity index (χ1v) is 3.85. The summed E-state index contributed by atoms with van der Waals surface area (Å²) in [7, 11) is 0. The minimum atomic E-state index is -0.523. The largest absolute Gasteiger partial charge is 0.593 e. The van der Waals surface area contributed by atoms with Gasteiger partial charge in [0, 0.05) is 0 Å². The minimum Gasteiger partial charge on any atom is -0.593 e. The molecule has 0 atom stereocenters. The summed E-state index contributed by atoms with van der Waals surface area (Å²) in [4.78, 5) is 0. The highest BCUT2D eigenvalue weighted by Gasteiger charge is 2.14. The Bertz CT molecular complexity index is 402. The zero-order valence-corrected chi connectivity index (χ0v) is 7.50. The van der Waals surface area contributed by atoms with Crippen LogP contribution in [-0.4, -0.2) is 21.7 Å². The van der Waals surface area contributed by atoms with Gasteiger partial charge in [0.1, 0.15) is 11.5 Å². The van der Waals surface area contributed by atoms with Gasteiger partial charge < -0.3 is 10.3 Å². The van der Waals surface area contributed by atoms with Gasteiger partial charge in [-0.15, -0.1) is 0 Å². The van der Waals surface area contributed by atoms with E-state index in [2.05, 4.69) is 5.16 Å². The van der Waals surface area contributed by atoms with Crippen LogP contribution in [0.4, 0.5) is 4.39 Å². The zero-order valence-electron chi connectivity index (χ0n) is 7.50. The molecule has 1 aromatic carbocycles. The normalized spacial score (nSPS) is 11.4. The van der Waals surface area contributed by atoms with Gasteiger partial charge in [0.05, 0.1) is 17.3 Å². The van der Waals surface area contributed by atoms with E-state index >= 15 is 0 Å². The van der Waals surface area contributed by atoms with Crippen molar-refractivity contribution in [3.05, 3.63) is 29.6 Å². The molecule has 14 heavy (non-hydrogen) atoms. The standard InChI is InChI=1S/C9H9FN2O2/c1-5(12-14)9(11)7-3-2-6(10)4-8(7)13/h2-4,11,13-14H,1H3/p+1. The Morgan fingerprint density at radius 2 is 2.21 bits per heavy atom. The maximum absolute atomic E-state index is 12.6. The van der Waals surface area contributed by atoms with E-state index in [-0.39, 0.29) is 22.7 Å². The summed E-state index contributed by atoms with van der Waals surface area (Å²) in [6.07, 6.45) is 0. The summed E-state index contributed by atoms with van der Waals surface area (Å²) in [6.45, 7) is 1.44. The molecule has 0 aliphatic rings. The maximum atomic E-state index is 12.6. The van der Waals surface area contributed by atoms with Crippen molar-refractivity contribution in [2.24, 2.45) is 5.16 Å². The van der Waals surface area contributed by atoms with Crippen molar-refractivity contribution in [2.75, 3.05) is 0 Å². The van der Waals surface area contributed by atoms with Gasteiger partial charge in [0.2, 0.25) is 0 Å². The molecule has 5 heteroatoms. The Balaban J connectivity index is 3.14. The Labute approximate surface area is 79.8 Å². The van der Waals surface area contributed by atoms with Gasteiger partial charge in [-0.3, -0.25) is 5.41 Å². The molecule has 4 N–H and O–H groups in total. The Morgan fingerprint density at radius 3 is 2.71 bits per heavy atom. The van der Waals surface area contributed by atoms with Crippen molar-refractivity contribution < 1.29 is 14.7 Å². The molecule has 0 amide bonds. The predicted octanol–water partition coefficient (Wildman–Crippen LogP) is 1.48. The SMILES string of the molecule is CC(=NO)C(=N)c1ccc(F)cc1[OH2+]. The van der Waals surface area contributed by atoms with Crippen LogP contribution in [0.25, 0.3) is 0 Å². The van der Waals surface area contributed by atoms with Crippen molar-refractivity contribution in [2.45, 2.75) is 6.92 Å². The second-order valence-corrected chi connectivity index (χ2v) is 2.75. The molecule has 0 bridgehead atoms. The van der Waals surface area contributed by atoms with Crippen molar-refractivity contribution in [1.29, 1.82) is 5.41 Å². The molecule has 0 radical (unpaired) electrons. The third-order valence-electron chi connectivity index (χ3n) is 1.76. The molecule has 4 nitrogen and oxygen atoms in total. The van der Waals surface area contributed by atoms with E-state index in [1.807, 2.05) is 0 Å². The summed E-state index contributed by atoms with van der Waals surface area (Å²) in [5, 5.41) is 26.2. The average molecular weight is 197 g/mol. The molecule has 0 spiro atoms. The topological polar surface area (TPSA) is 79.3 Å². The highest BCUT2D eigenvalue weighted by Crippen LogP contribution is 2.18. The molecule has 0 saturated carbocycles. The van der Waals surface area contributed by atoms with E-state index in [4.69, 9.17) is 15.7 Å². The van der Waals surface area contributed by atoms with Crippen LogP contribution >= 0.6 is 0 Å². The van der Waals surface area contributed by atoms with Crippen LogP contribution in [0, 0.1) is 11.2 Å². The lowest BCUT2D eigenvalue weighted by atomic mass is 10.1. The van der Waals surface area contributed by atoms with Crippen molar-refractivity contribution in [3.63, 3.8) is 0 Å². The van der Waals surface area contributed by atoms with Gasteiger partial charge in [0.25, 0.3) is 5.75 Å². The number of nitrogens with zero attached hydrogens (tertiary/aromatic N) is 1. The van der Waals surface area contributed by atoms with Gasteiger partial charge in [0.15, 0.2) is 0 Å². The molecule has 0 fully saturated rings. The summed E-state index contributed by atoms with van der Waals surface area (Å²) in [5.41, 5.74) is 0.240. The van der Waals surface area contributed by atoms with Crippen LogP contribution in [0.5, 0.6) is 5.75 Å². The van der Waals surface area contributed by atoms with Crippen LogP contribution in [0.1, 0.15) is 12.5 Å². The Morgan fingerprint density at radius 1 is 1.57 bits per heavy atom. The van der Waals surface area contributed by atoms with Crippen molar-refractivity contribution in [3.8, 4) is 5.75 Å². The summed E-state index contributed by atoms with van der Waals surface area (Å²) in [6, 6.07) is 3.48. The molecular formula is C9H10FN2O2+. The van der Waals surface area contributed by atoms with Crippen molar-refractivity contribution >= 4 is 11.4 Å². The monoisotopic (exact) mass is 197 g/mol. The fourth-order valence-electron chi connectivity index (χ4n) is 0.979.